The molecule has 364 valence electrons. The van der Waals surface area contributed by atoms with Crippen molar-refractivity contribution < 1.29 is 0 Å². The van der Waals surface area contributed by atoms with E-state index in [4.69, 9.17) is 0 Å². The molecule has 14 bridgehead atoms. The minimum Gasteiger partial charge on any atom is -0.0890 e. The van der Waals surface area contributed by atoms with Gasteiger partial charge in [-0.1, -0.05) is 321 Å². The van der Waals surface area contributed by atoms with Crippen LogP contribution in [0, 0.1) is 0 Å². The Hall–Kier alpha value is -0.560. The zero-order valence-electron chi connectivity index (χ0n) is 38.8. The summed E-state index contributed by atoms with van der Waals surface area (Å²) in [4.78, 5) is 0. The molecule has 0 radical (unpaired) electrons. The van der Waals surface area contributed by atoms with E-state index in [1.165, 1.54) is 77.9 Å². The molecule has 0 aliphatic carbocycles. The minimum absolute atomic E-state index is 1.03. The van der Waals surface area contributed by atoms with Crippen LogP contribution in [0.5, 0.6) is 0 Å². The van der Waals surface area contributed by atoms with Gasteiger partial charge in [0.25, 0.3) is 0 Å². The van der Waals surface area contributed by atoms with Gasteiger partial charge in [-0.3, -0.25) is 0 Å². The van der Waals surface area contributed by atoms with E-state index in [1.807, 2.05) is 151 Å². The molecule has 8 heterocycles. The smallest absolute Gasteiger partial charge is 0.0288 e. The Morgan fingerprint density at radius 2 is 0.171 bits per heavy atom. The molecule has 0 nitrogen and oxygen atoms in total. The lowest BCUT2D eigenvalue weighted by molar-refractivity contribution is 1.34. The molecule has 0 unspecified atom stereocenters. The molecule has 0 amide bonds. The van der Waals surface area contributed by atoms with Gasteiger partial charge >= 0.3 is 0 Å². The van der Waals surface area contributed by atoms with Crippen molar-refractivity contribution in [1.82, 2.24) is 0 Å². The van der Waals surface area contributed by atoms with Gasteiger partial charge in [0, 0.05) is 80.5 Å². The fourth-order valence-corrected chi connectivity index (χ4v) is 21.6. The van der Waals surface area contributed by atoms with Crippen LogP contribution < -0.4 is 0 Å². The Morgan fingerprint density at radius 3 is 0.229 bits per heavy atom. The second-order valence-electron chi connectivity index (χ2n) is 16.4. The molecule has 0 aromatic heterocycles. The van der Waals surface area contributed by atoms with Crippen LogP contribution in [-0.2, 0) is 80.5 Å². The van der Waals surface area contributed by atoms with Gasteiger partial charge in [-0.05, 0) is 77.9 Å². The zero-order chi connectivity index (χ0) is 47.7. The van der Waals surface area contributed by atoms with Gasteiger partial charge in [0.2, 0.25) is 0 Å². The highest BCUT2D eigenvalue weighted by atomic mass is 33.1. The maximum atomic E-state index is 2.31. The fraction of sp³-hybridized carbons (Fsp3) is 0.250. The Balaban J connectivity index is 0.769. The van der Waals surface area contributed by atoms with Gasteiger partial charge in [-0.25, -0.2) is 0 Å². The van der Waals surface area contributed by atoms with Crippen LogP contribution in [0.2, 0.25) is 0 Å². The van der Waals surface area contributed by atoms with Crippen molar-refractivity contribution in [3.8, 4) is 0 Å². The third-order valence-electron chi connectivity index (χ3n) is 10.9. The first-order valence-electron chi connectivity index (χ1n) is 22.9. The first-order chi connectivity index (χ1) is 34.6. The lowest BCUT2D eigenvalue weighted by Gasteiger charge is -2.07. The van der Waals surface area contributed by atoms with Gasteiger partial charge in [0.1, 0.15) is 0 Å². The average Bonchev–Trinajstić information content (AvgIpc) is 3.40. The molecule has 0 atom stereocenters. The maximum absolute atomic E-state index is 2.31. The average molecular weight is 1180 g/mol. The molecule has 0 spiro atoms. The highest BCUT2D eigenvalue weighted by Crippen LogP contribution is 2.37. The number of fused-ring (bicyclic) bond motifs is 6. The molecular formula is C56H56S14. The van der Waals surface area contributed by atoms with E-state index < -0.39 is 0 Å². The lowest BCUT2D eigenvalue weighted by atomic mass is 10.2. The molecule has 8 aliphatic rings. The van der Waals surface area contributed by atoms with Crippen LogP contribution in [0.3, 0.4) is 0 Å². The summed E-state index contributed by atoms with van der Waals surface area (Å²) in [5.41, 5.74) is 19.6. The van der Waals surface area contributed by atoms with Crippen LogP contribution >= 0.6 is 151 Å². The van der Waals surface area contributed by atoms with Crippen molar-refractivity contribution in [2.24, 2.45) is 0 Å². The molecule has 7 aromatic carbocycles. The molecule has 8 aliphatic heterocycles. The van der Waals surface area contributed by atoms with Crippen molar-refractivity contribution in [2.75, 3.05) is 0 Å². The highest BCUT2D eigenvalue weighted by Gasteiger charge is 2.06. The van der Waals surface area contributed by atoms with E-state index in [0.29, 0.717) is 0 Å². The predicted molar refractivity (Wildman–Crippen MR) is 343 cm³/mol. The number of hydrogen-bond donors (Lipinski definition) is 0. The second kappa shape index (κ2) is 32.8. The van der Waals surface area contributed by atoms with Crippen LogP contribution in [0.15, 0.2) is 170 Å². The molecule has 15 rings (SSSR count). The monoisotopic (exact) mass is 1180 g/mol. The first-order valence-corrected chi connectivity index (χ1v) is 40.3. The van der Waals surface area contributed by atoms with E-state index in [1.54, 1.807) is 0 Å². The Kier molecular flexibility index (Phi) is 26.1. The van der Waals surface area contributed by atoms with Gasteiger partial charge in [-0.15, -0.1) is 0 Å². The summed E-state index contributed by atoms with van der Waals surface area (Å²) in [6.07, 6.45) is 0. The summed E-state index contributed by atoms with van der Waals surface area (Å²) < 4.78 is 0. The van der Waals surface area contributed by atoms with Gasteiger partial charge < -0.3 is 0 Å². The molecular weight excluding hydrogens is 1120 g/mol. The highest BCUT2D eigenvalue weighted by molar-refractivity contribution is 8.77. The van der Waals surface area contributed by atoms with E-state index in [0.717, 1.165) is 80.5 Å². The predicted octanol–water partition coefficient (Wildman–Crippen LogP) is 21.6. The summed E-state index contributed by atoms with van der Waals surface area (Å²) in [5, 5.41) is 0. The number of benzene rings is 7. The van der Waals surface area contributed by atoms with E-state index in [-0.39, 0.29) is 0 Å². The first kappa shape index (κ1) is 55.7. The van der Waals surface area contributed by atoms with E-state index in [2.05, 4.69) is 170 Å². The Labute approximate surface area is 473 Å². The van der Waals surface area contributed by atoms with Crippen LogP contribution in [-0.4, -0.2) is 0 Å². The molecule has 0 fully saturated rings. The topological polar surface area (TPSA) is 0 Å². The minimum atomic E-state index is 1.03. The lowest BCUT2D eigenvalue weighted by Crippen LogP contribution is -1.85. The molecule has 7 aromatic rings. The fourth-order valence-electron chi connectivity index (χ4n) is 6.66. The van der Waals surface area contributed by atoms with Crippen molar-refractivity contribution >= 4 is 151 Å². The number of hydrogen-bond acceptors (Lipinski definition) is 14. The van der Waals surface area contributed by atoms with Crippen LogP contribution in [0.25, 0.3) is 0 Å². The maximum Gasteiger partial charge on any atom is 0.0288 e. The zero-order valence-corrected chi connectivity index (χ0v) is 50.2. The molecule has 0 N–H and O–H groups in total. The third-order valence-corrected chi connectivity index (χ3v) is 26.8. The number of rotatable bonds is 0. The van der Waals surface area contributed by atoms with Crippen LogP contribution in [0.1, 0.15) is 77.9 Å². The molecule has 14 heteroatoms. The van der Waals surface area contributed by atoms with Gasteiger partial charge in [0.15, 0.2) is 0 Å². The van der Waals surface area contributed by atoms with Crippen LogP contribution in [0.4, 0.5) is 0 Å². The van der Waals surface area contributed by atoms with Crippen molar-refractivity contribution in [1.29, 1.82) is 0 Å². The third kappa shape index (κ3) is 21.2. The summed E-state index contributed by atoms with van der Waals surface area (Å²) in [6, 6.07) is 64.6. The SMILES string of the molecule is c1cc2ccc1CSSCc1ccc(cc1)CSSCc1ccc(cc1)CSSCc1ccc(cc1)CSSCc1ccc(cc1)CSSCc1ccc(cc1)CSSCc1ccc(cc1)CSSC2. The summed E-state index contributed by atoms with van der Waals surface area (Å²) >= 11 is 0. The summed E-state index contributed by atoms with van der Waals surface area (Å²) in [5.74, 6) is 14.5. The summed E-state index contributed by atoms with van der Waals surface area (Å²) in [6.45, 7) is 0. The van der Waals surface area contributed by atoms with Crippen molar-refractivity contribution in [3.05, 3.63) is 248 Å². The standard InChI is InChI=1S/C56H56S14/c1-2-44-4-3-43(1)29-57-59-31-45-5-7-47(8-6-45)33-61-63-35-49-13-15-51(16-14-49)37-65-67-39-53-21-23-55(24-22-53)41-69-70-42-56-27-25-54(26-28-56)40-68-66-38-52-19-17-50(18-20-52)36-64-62-34-48-11-9-46(10-12-48)32-60-58-30-44/h1-28H,29-42H2. The largest absolute Gasteiger partial charge is 0.0890 e. The Morgan fingerprint density at radius 1 is 0.114 bits per heavy atom. The van der Waals surface area contributed by atoms with Crippen molar-refractivity contribution in [3.63, 3.8) is 0 Å². The van der Waals surface area contributed by atoms with Gasteiger partial charge in [-0.2, -0.15) is 0 Å². The second-order valence-corrected chi connectivity index (χ2v) is 33.6. The van der Waals surface area contributed by atoms with Crippen molar-refractivity contribution in [2.45, 2.75) is 80.5 Å². The quantitative estimate of drug-likeness (QED) is 0.132. The normalized spacial score (nSPS) is 16.4. The summed E-state index contributed by atoms with van der Waals surface area (Å²) in [7, 11) is 27.3. The van der Waals surface area contributed by atoms with E-state index >= 15 is 0 Å². The van der Waals surface area contributed by atoms with E-state index in [9.17, 15) is 0 Å². The Bertz CT molecular complexity index is 1840. The molecule has 70 heavy (non-hydrogen) atoms. The molecule has 0 saturated heterocycles. The van der Waals surface area contributed by atoms with Gasteiger partial charge in [0.05, 0.1) is 0 Å². The molecule has 0 saturated carbocycles.